The minimum absolute atomic E-state index is 0.0692. The minimum atomic E-state index is -0.929. The number of rotatable bonds is 7. The molecule has 0 saturated carbocycles. The summed E-state index contributed by atoms with van der Waals surface area (Å²) >= 11 is 2.73. The Labute approximate surface area is 134 Å². The van der Waals surface area contributed by atoms with Crippen LogP contribution in [0.15, 0.2) is 22.4 Å². The first-order valence-corrected chi connectivity index (χ1v) is 8.50. The van der Waals surface area contributed by atoms with Gasteiger partial charge in [0.25, 0.3) is 5.56 Å². The highest BCUT2D eigenvalue weighted by atomic mass is 32.2. The Balaban J connectivity index is 1.85. The molecule has 0 aromatic carbocycles. The summed E-state index contributed by atoms with van der Waals surface area (Å²) in [6.45, 7) is 0.190. The summed E-state index contributed by atoms with van der Waals surface area (Å²) < 4.78 is 1.48. The lowest BCUT2D eigenvalue weighted by atomic mass is 10.4. The van der Waals surface area contributed by atoms with Crippen molar-refractivity contribution in [1.29, 1.82) is 0 Å². The molecule has 7 nitrogen and oxygen atoms in total. The Kier molecular flexibility index (Phi) is 5.56. The van der Waals surface area contributed by atoms with Crippen molar-refractivity contribution in [2.45, 2.75) is 12.2 Å². The van der Waals surface area contributed by atoms with E-state index in [4.69, 9.17) is 5.11 Å². The van der Waals surface area contributed by atoms with E-state index < -0.39 is 5.97 Å². The van der Waals surface area contributed by atoms with Crippen LogP contribution in [0.4, 0.5) is 0 Å². The molecule has 2 rings (SSSR count). The normalized spacial score (nSPS) is 10.8. The molecule has 0 saturated heterocycles. The molecular formula is C13H15N3O4S2. The molecule has 0 unspecified atom stereocenters. The van der Waals surface area contributed by atoms with E-state index in [-0.39, 0.29) is 30.2 Å². The summed E-state index contributed by atoms with van der Waals surface area (Å²) in [5, 5.41) is 10.4. The van der Waals surface area contributed by atoms with Crippen LogP contribution in [0.5, 0.6) is 0 Å². The smallest absolute Gasteiger partial charge is 0.305 e. The summed E-state index contributed by atoms with van der Waals surface area (Å²) in [6.07, 6.45) is 1.60. The lowest BCUT2D eigenvalue weighted by molar-refractivity contribution is -0.137. The fourth-order valence-electron chi connectivity index (χ4n) is 1.70. The van der Waals surface area contributed by atoms with Gasteiger partial charge in [-0.05, 0) is 0 Å². The standard InChI is InChI=1S/C13H15N3O4S2/c1-15(3-2-12(19)20)11(18)8-21-7-9-6-10(17)16-4-5-22-13(16)14-9/h4-6H,2-3,7-8H2,1H3,(H,19,20). The molecule has 1 amide bonds. The third-order valence-corrected chi connectivity index (χ3v) is 4.63. The summed E-state index contributed by atoms with van der Waals surface area (Å²) in [6, 6.07) is 1.46. The van der Waals surface area contributed by atoms with Crippen molar-refractivity contribution in [1.82, 2.24) is 14.3 Å². The van der Waals surface area contributed by atoms with Gasteiger partial charge in [-0.1, -0.05) is 0 Å². The van der Waals surface area contributed by atoms with Gasteiger partial charge < -0.3 is 10.0 Å². The molecule has 0 aliphatic rings. The molecule has 0 aliphatic carbocycles. The highest BCUT2D eigenvalue weighted by Crippen LogP contribution is 2.12. The number of carboxylic acids is 1. The van der Waals surface area contributed by atoms with Gasteiger partial charge >= 0.3 is 5.97 Å². The van der Waals surface area contributed by atoms with Crippen LogP contribution in [0.25, 0.3) is 4.96 Å². The number of nitrogens with zero attached hydrogens (tertiary/aromatic N) is 3. The van der Waals surface area contributed by atoms with Gasteiger partial charge in [0.2, 0.25) is 5.91 Å². The molecule has 0 spiro atoms. The van der Waals surface area contributed by atoms with E-state index in [1.807, 2.05) is 0 Å². The average molecular weight is 341 g/mol. The second-order valence-corrected chi connectivity index (χ2v) is 6.45. The average Bonchev–Trinajstić information content (AvgIpc) is 2.93. The van der Waals surface area contributed by atoms with Crippen molar-refractivity contribution in [2.24, 2.45) is 0 Å². The van der Waals surface area contributed by atoms with Crippen LogP contribution >= 0.6 is 23.1 Å². The van der Waals surface area contributed by atoms with E-state index in [2.05, 4.69) is 4.98 Å². The Morgan fingerprint density at radius 3 is 3.00 bits per heavy atom. The highest BCUT2D eigenvalue weighted by Gasteiger charge is 2.11. The zero-order chi connectivity index (χ0) is 16.1. The van der Waals surface area contributed by atoms with Crippen LogP contribution in [0, 0.1) is 0 Å². The number of hydrogen-bond acceptors (Lipinski definition) is 6. The monoisotopic (exact) mass is 341 g/mol. The molecule has 1 N–H and O–H groups in total. The van der Waals surface area contributed by atoms with Gasteiger partial charge in [-0.3, -0.25) is 18.8 Å². The van der Waals surface area contributed by atoms with Gasteiger partial charge in [-0.25, -0.2) is 4.98 Å². The van der Waals surface area contributed by atoms with Gasteiger partial charge in [0, 0.05) is 37.0 Å². The Morgan fingerprint density at radius 2 is 2.27 bits per heavy atom. The van der Waals surface area contributed by atoms with Crippen molar-refractivity contribution in [2.75, 3.05) is 19.3 Å². The van der Waals surface area contributed by atoms with Crippen LogP contribution in [-0.4, -0.2) is 50.6 Å². The number of thioether (sulfide) groups is 1. The Morgan fingerprint density at radius 1 is 1.50 bits per heavy atom. The van der Waals surface area contributed by atoms with E-state index in [1.54, 1.807) is 18.6 Å². The van der Waals surface area contributed by atoms with E-state index in [0.717, 1.165) is 0 Å². The largest absolute Gasteiger partial charge is 0.481 e. The molecule has 0 fully saturated rings. The molecule has 2 heterocycles. The van der Waals surface area contributed by atoms with Gasteiger partial charge in [-0.15, -0.1) is 23.1 Å². The van der Waals surface area contributed by atoms with Gasteiger partial charge in [0.05, 0.1) is 17.9 Å². The maximum absolute atomic E-state index is 11.8. The fourth-order valence-corrected chi connectivity index (χ4v) is 3.30. The number of aliphatic carboxylic acids is 1. The first-order valence-electron chi connectivity index (χ1n) is 6.46. The van der Waals surface area contributed by atoms with E-state index >= 15 is 0 Å². The number of carboxylic acid groups (broad SMARTS) is 1. The maximum atomic E-state index is 11.8. The van der Waals surface area contributed by atoms with Crippen LogP contribution in [0.1, 0.15) is 12.1 Å². The minimum Gasteiger partial charge on any atom is -0.481 e. The summed E-state index contributed by atoms with van der Waals surface area (Å²) in [5.41, 5.74) is 0.505. The molecule has 9 heteroatoms. The number of aromatic nitrogens is 2. The van der Waals surface area contributed by atoms with Crippen LogP contribution in [0.2, 0.25) is 0 Å². The zero-order valence-electron chi connectivity index (χ0n) is 11.9. The first kappa shape index (κ1) is 16.5. The van der Waals surface area contributed by atoms with Crippen LogP contribution in [0.3, 0.4) is 0 Å². The summed E-state index contributed by atoms with van der Waals surface area (Å²) in [7, 11) is 1.58. The fraction of sp³-hybridized carbons (Fsp3) is 0.385. The predicted molar refractivity (Wildman–Crippen MR) is 85.4 cm³/mol. The van der Waals surface area contributed by atoms with Gasteiger partial charge in [-0.2, -0.15) is 0 Å². The zero-order valence-corrected chi connectivity index (χ0v) is 13.5. The number of carbonyl (C=O) groups is 2. The van der Waals surface area contributed by atoms with Crippen molar-refractivity contribution in [3.63, 3.8) is 0 Å². The first-order chi connectivity index (χ1) is 10.5. The van der Waals surface area contributed by atoms with Crippen molar-refractivity contribution < 1.29 is 14.7 Å². The molecule has 0 radical (unpaired) electrons. The molecular weight excluding hydrogens is 326 g/mol. The summed E-state index contributed by atoms with van der Waals surface area (Å²) in [4.78, 5) is 40.5. The molecule has 2 aromatic rings. The third-order valence-electron chi connectivity index (χ3n) is 2.92. The van der Waals surface area contributed by atoms with Crippen LogP contribution < -0.4 is 5.56 Å². The molecule has 22 heavy (non-hydrogen) atoms. The van der Waals surface area contributed by atoms with Crippen molar-refractivity contribution in [3.8, 4) is 0 Å². The van der Waals surface area contributed by atoms with E-state index in [1.165, 1.54) is 38.5 Å². The molecule has 0 bridgehead atoms. The maximum Gasteiger partial charge on any atom is 0.305 e. The van der Waals surface area contributed by atoms with Crippen molar-refractivity contribution >= 4 is 39.9 Å². The molecule has 2 aromatic heterocycles. The number of carbonyl (C=O) groups excluding carboxylic acids is 1. The van der Waals surface area contributed by atoms with Gasteiger partial charge in [0.1, 0.15) is 0 Å². The Bertz CT molecular complexity index is 740. The SMILES string of the molecule is CN(CCC(=O)O)C(=O)CSCc1cc(=O)n2ccsc2n1. The van der Waals surface area contributed by atoms with Gasteiger partial charge in [0.15, 0.2) is 4.96 Å². The predicted octanol–water partition coefficient (Wildman–Crippen LogP) is 0.922. The van der Waals surface area contributed by atoms with E-state index in [9.17, 15) is 14.4 Å². The topological polar surface area (TPSA) is 92.0 Å². The van der Waals surface area contributed by atoms with Crippen molar-refractivity contribution in [3.05, 3.63) is 33.7 Å². The molecule has 0 aliphatic heterocycles. The molecule has 0 atom stereocenters. The second-order valence-electron chi connectivity index (χ2n) is 4.59. The lowest BCUT2D eigenvalue weighted by Crippen LogP contribution is -2.30. The Hall–Kier alpha value is -1.87. The van der Waals surface area contributed by atoms with Crippen LogP contribution in [-0.2, 0) is 15.3 Å². The number of hydrogen-bond donors (Lipinski definition) is 1. The van der Waals surface area contributed by atoms with E-state index in [0.29, 0.717) is 16.4 Å². The quantitative estimate of drug-likeness (QED) is 0.805. The lowest BCUT2D eigenvalue weighted by Gasteiger charge is -2.15. The third kappa shape index (κ3) is 4.31. The number of amides is 1. The summed E-state index contributed by atoms with van der Waals surface area (Å²) in [5.74, 6) is -0.384. The highest BCUT2D eigenvalue weighted by molar-refractivity contribution is 7.99. The second kappa shape index (κ2) is 7.41. The molecule has 118 valence electrons. The number of fused-ring (bicyclic) bond motifs is 1. The number of thiazole rings is 1.